The maximum absolute atomic E-state index is 14.1. The largest absolute Gasteiger partial charge is 0.508 e. The molecule has 0 aliphatic carbocycles. The van der Waals surface area contributed by atoms with Crippen molar-refractivity contribution in [2.45, 2.75) is 87.3 Å². The molecule has 0 saturated carbocycles. The first kappa shape index (κ1) is 49.4. The number of likely N-dealkylation sites (tertiary alicyclic amines) is 2. The third kappa shape index (κ3) is 14.7. The van der Waals surface area contributed by atoms with Crippen LogP contribution in [0.4, 0.5) is 0 Å². The maximum atomic E-state index is 14.1. The normalized spacial score (nSPS) is 18.9. The van der Waals surface area contributed by atoms with E-state index in [1.54, 1.807) is 30.3 Å². The van der Waals surface area contributed by atoms with Crippen molar-refractivity contribution in [2.24, 2.45) is 11.5 Å². The number of aliphatic hydroxyl groups excluding tert-OH is 1. The minimum absolute atomic E-state index is 0.0964. The van der Waals surface area contributed by atoms with E-state index < -0.39 is 109 Å². The summed E-state index contributed by atoms with van der Waals surface area (Å²) in [6.45, 7) is -0.888. The quantitative estimate of drug-likeness (QED) is 0.0559. The van der Waals surface area contributed by atoms with Gasteiger partial charge in [0, 0.05) is 32.4 Å². The summed E-state index contributed by atoms with van der Waals surface area (Å²) in [6, 6.07) is 6.06. The molecule has 2 aliphatic rings. The number of thioether (sulfide) groups is 1. The second kappa shape index (κ2) is 23.8. The Morgan fingerprint density at radius 2 is 1.41 bits per heavy atom. The molecule has 2 aliphatic heterocycles. The number of phenolic OH excluding ortho intramolecular Hbond substituents is 1. The van der Waals surface area contributed by atoms with Gasteiger partial charge in [0.15, 0.2) is 0 Å². The number of carboxylic acids is 1. The number of carboxylic acid groups (broad SMARTS) is 1. The number of hydrogen-bond donors (Lipinski definition) is 10. The molecule has 0 radical (unpaired) electrons. The number of aromatic hydroxyl groups is 1. The van der Waals surface area contributed by atoms with Crippen molar-refractivity contribution in [1.82, 2.24) is 36.4 Å². The van der Waals surface area contributed by atoms with E-state index in [9.17, 15) is 58.5 Å². The molecule has 342 valence electrons. The highest BCUT2D eigenvalue weighted by Gasteiger charge is 2.45. The van der Waals surface area contributed by atoms with Gasteiger partial charge in [-0.15, -0.1) is 0 Å². The van der Waals surface area contributed by atoms with Crippen LogP contribution in [0.3, 0.4) is 0 Å². The van der Waals surface area contributed by atoms with E-state index in [0.29, 0.717) is 29.7 Å². The Morgan fingerprint density at radius 3 is 2.03 bits per heavy atom. The van der Waals surface area contributed by atoms with Crippen LogP contribution < -0.4 is 38.1 Å². The number of carbonyl (C=O) groups is 9. The number of benzene rings is 2. The van der Waals surface area contributed by atoms with E-state index in [0.717, 1.165) is 4.90 Å². The van der Waals surface area contributed by atoms with Crippen LogP contribution in [-0.4, -0.2) is 159 Å². The number of hydrogen-bond acceptors (Lipinski definition) is 13. The average molecular weight is 898 g/mol. The number of rotatable bonds is 22. The molecule has 0 aromatic heterocycles. The number of phenols is 1. The summed E-state index contributed by atoms with van der Waals surface area (Å²) in [5.74, 6) is -7.48. The molecule has 22 heteroatoms. The van der Waals surface area contributed by atoms with Crippen LogP contribution in [-0.2, 0) is 56.0 Å². The van der Waals surface area contributed by atoms with Gasteiger partial charge in [-0.2, -0.15) is 11.8 Å². The van der Waals surface area contributed by atoms with Crippen molar-refractivity contribution in [3.63, 3.8) is 0 Å². The second-order valence-corrected chi connectivity index (χ2v) is 16.2. The molecule has 7 atom stereocenters. The summed E-state index contributed by atoms with van der Waals surface area (Å²) in [5, 5.41) is 42.6. The van der Waals surface area contributed by atoms with E-state index in [1.165, 1.54) is 40.9 Å². The van der Waals surface area contributed by atoms with Crippen molar-refractivity contribution < 1.29 is 58.5 Å². The van der Waals surface area contributed by atoms with Crippen LogP contribution in [0.2, 0.25) is 0 Å². The van der Waals surface area contributed by atoms with Gasteiger partial charge in [0.25, 0.3) is 0 Å². The fourth-order valence-electron chi connectivity index (χ4n) is 7.33. The topological polar surface area (TPSA) is 333 Å². The summed E-state index contributed by atoms with van der Waals surface area (Å²) in [7, 11) is 0. The van der Waals surface area contributed by atoms with Gasteiger partial charge in [0.1, 0.15) is 42.0 Å². The lowest BCUT2D eigenvalue weighted by atomic mass is 10.0. The van der Waals surface area contributed by atoms with Crippen molar-refractivity contribution in [1.29, 1.82) is 0 Å². The van der Waals surface area contributed by atoms with Crippen molar-refractivity contribution >= 4 is 65.0 Å². The lowest BCUT2D eigenvalue weighted by Crippen LogP contribution is -2.60. The minimum atomic E-state index is -1.82. The number of aliphatic carboxylic acids is 1. The third-order valence-corrected chi connectivity index (χ3v) is 11.2. The van der Waals surface area contributed by atoms with Crippen molar-refractivity contribution in [2.75, 3.05) is 38.2 Å². The molecular weight excluding hydrogens is 843 g/mol. The number of aliphatic hydroxyl groups is 1. The number of amides is 8. The van der Waals surface area contributed by atoms with Gasteiger partial charge in [-0.3, -0.25) is 43.2 Å². The molecule has 0 spiro atoms. The molecule has 12 N–H and O–H groups in total. The SMILES string of the molecule is CSCC[C@H](NC(=O)CNC(=O)[C@H](Cc1ccccc1)NC(=O)[C@H](CC(=O)O)NC(=O)[C@H](Cc1ccc(O)cc1)NC(=O)[C@@H]1C[C@@H](O)CN1C(=O)[C@@H]1CCCN1C(=O)CN)C(N)=O. The van der Waals surface area contributed by atoms with E-state index in [-0.39, 0.29) is 51.1 Å². The highest BCUT2D eigenvalue weighted by molar-refractivity contribution is 7.98. The molecule has 0 unspecified atom stereocenters. The second-order valence-electron chi connectivity index (χ2n) is 15.2. The average Bonchev–Trinajstić information content (AvgIpc) is 3.91. The molecule has 4 rings (SSSR count). The lowest BCUT2D eigenvalue weighted by molar-refractivity contribution is -0.146. The number of β-amino-alcohol motifs (C(OH)–C–C–N with tert-alkyl or cyclic N) is 1. The number of nitrogens with one attached hydrogen (secondary N) is 5. The first-order chi connectivity index (χ1) is 30.0. The standard InChI is InChI=1S/C41H55N9O12S/c1-63-15-13-27(36(43)57)45-33(53)21-44-37(58)28(16-23-6-3-2-4-7-23)46-39(60)30(19-35(55)56)47-38(59)29(17-24-9-11-25(51)12-10-24)48-40(61)32-18-26(52)22-50(32)41(62)31-8-5-14-49(31)34(54)20-42/h2-4,6-7,9-12,26-32,51-52H,5,8,13-22,42H2,1H3,(H2,43,57)(H,44,58)(H,45,53)(H,46,60)(H,47,59)(H,48,61)(H,55,56)/t26-,27+,28+,29+,30+,31+,32+/m1/s1. The molecule has 2 saturated heterocycles. The van der Waals surface area contributed by atoms with Crippen LogP contribution in [0.1, 0.15) is 43.2 Å². The third-order valence-electron chi connectivity index (χ3n) is 10.5. The molecule has 2 fully saturated rings. The Kier molecular flexibility index (Phi) is 18.7. The van der Waals surface area contributed by atoms with Gasteiger partial charge < -0.3 is 63.2 Å². The van der Waals surface area contributed by atoms with Crippen LogP contribution in [0.5, 0.6) is 5.75 Å². The van der Waals surface area contributed by atoms with Crippen LogP contribution in [0, 0.1) is 0 Å². The van der Waals surface area contributed by atoms with Crippen molar-refractivity contribution in [3.8, 4) is 5.75 Å². The summed E-state index contributed by atoms with van der Waals surface area (Å²) in [4.78, 5) is 121. The zero-order valence-electron chi connectivity index (χ0n) is 34.7. The first-order valence-corrected chi connectivity index (χ1v) is 21.7. The number of nitrogens with zero attached hydrogens (tertiary/aromatic N) is 2. The van der Waals surface area contributed by atoms with Gasteiger partial charge in [0.2, 0.25) is 47.3 Å². The van der Waals surface area contributed by atoms with Gasteiger partial charge >= 0.3 is 5.97 Å². The predicted molar refractivity (Wildman–Crippen MR) is 227 cm³/mol. The van der Waals surface area contributed by atoms with Crippen molar-refractivity contribution in [3.05, 3.63) is 65.7 Å². The molecule has 2 aromatic rings. The Morgan fingerprint density at radius 1 is 0.794 bits per heavy atom. The smallest absolute Gasteiger partial charge is 0.305 e. The molecule has 2 heterocycles. The van der Waals surface area contributed by atoms with E-state index in [4.69, 9.17) is 11.5 Å². The summed E-state index contributed by atoms with van der Waals surface area (Å²) >= 11 is 1.44. The predicted octanol–water partition coefficient (Wildman–Crippen LogP) is -3.14. The van der Waals surface area contributed by atoms with Crippen LogP contribution >= 0.6 is 11.8 Å². The van der Waals surface area contributed by atoms with Gasteiger partial charge in [0.05, 0.1) is 25.6 Å². The zero-order valence-corrected chi connectivity index (χ0v) is 35.5. The van der Waals surface area contributed by atoms with Gasteiger partial charge in [-0.1, -0.05) is 42.5 Å². The Labute approximate surface area is 367 Å². The highest BCUT2D eigenvalue weighted by atomic mass is 32.2. The molecule has 8 amide bonds. The molecule has 0 bridgehead atoms. The Hall–Kier alpha value is -6.26. The van der Waals surface area contributed by atoms with Crippen LogP contribution in [0.15, 0.2) is 54.6 Å². The monoisotopic (exact) mass is 897 g/mol. The first-order valence-electron chi connectivity index (χ1n) is 20.3. The molecular formula is C41H55N9O12S. The molecule has 63 heavy (non-hydrogen) atoms. The lowest BCUT2D eigenvalue weighted by Gasteiger charge is -2.31. The van der Waals surface area contributed by atoms with Gasteiger partial charge in [-0.25, -0.2) is 0 Å². The summed E-state index contributed by atoms with van der Waals surface area (Å²) in [6.07, 6.45) is 0.203. The summed E-state index contributed by atoms with van der Waals surface area (Å²) < 4.78 is 0. The zero-order chi connectivity index (χ0) is 46.2. The summed E-state index contributed by atoms with van der Waals surface area (Å²) in [5.41, 5.74) is 11.9. The Balaban J connectivity index is 1.54. The minimum Gasteiger partial charge on any atom is -0.508 e. The van der Waals surface area contributed by atoms with E-state index in [1.807, 2.05) is 6.26 Å². The van der Waals surface area contributed by atoms with E-state index >= 15 is 0 Å². The fraction of sp³-hybridized carbons (Fsp3) is 0.488. The van der Waals surface area contributed by atoms with Crippen LogP contribution in [0.25, 0.3) is 0 Å². The fourth-order valence-corrected chi connectivity index (χ4v) is 7.80. The van der Waals surface area contributed by atoms with Gasteiger partial charge in [-0.05, 0) is 54.5 Å². The molecule has 21 nitrogen and oxygen atoms in total. The Bertz CT molecular complexity index is 1980. The highest BCUT2D eigenvalue weighted by Crippen LogP contribution is 2.26. The maximum Gasteiger partial charge on any atom is 0.305 e. The number of primary amides is 1. The van der Waals surface area contributed by atoms with E-state index in [2.05, 4.69) is 26.6 Å². The molecule has 2 aromatic carbocycles. The number of carbonyl (C=O) groups excluding carboxylic acids is 8. The number of nitrogens with two attached hydrogens (primary N) is 2.